The number of hydrogen-bond donors (Lipinski definition) is 1. The summed E-state index contributed by atoms with van der Waals surface area (Å²) >= 11 is 0. The van der Waals surface area contributed by atoms with Crippen molar-refractivity contribution in [2.45, 2.75) is 32.8 Å². The number of nitrogens with zero attached hydrogens (tertiary/aromatic N) is 1. The Bertz CT molecular complexity index is 1130. The number of esters is 1. The highest BCUT2D eigenvalue weighted by Gasteiger charge is 2.25. The molecule has 0 aliphatic carbocycles. The number of H-pyrrole nitrogens is 1. The molecule has 2 heterocycles. The fraction of sp³-hybridized carbons (Fsp3) is 0.292. The van der Waals surface area contributed by atoms with Gasteiger partial charge >= 0.3 is 5.97 Å². The Balaban J connectivity index is 1.33. The van der Waals surface area contributed by atoms with Crippen molar-refractivity contribution in [3.63, 3.8) is 0 Å². The molecule has 0 bridgehead atoms. The Labute approximate surface area is 179 Å². The Hall–Kier alpha value is -3.61. The molecule has 1 fully saturated rings. The number of aromatic nitrogens is 1. The van der Waals surface area contributed by atoms with Crippen LogP contribution in [0.4, 0.5) is 5.69 Å². The van der Waals surface area contributed by atoms with E-state index in [0.29, 0.717) is 24.3 Å². The predicted octanol–water partition coefficient (Wildman–Crippen LogP) is 3.80. The summed E-state index contributed by atoms with van der Waals surface area (Å²) in [5.74, 6) is -0.291. The van der Waals surface area contributed by atoms with Crippen molar-refractivity contribution < 1.29 is 23.9 Å². The summed E-state index contributed by atoms with van der Waals surface area (Å²) < 4.78 is 10.8. The number of para-hydroxylation sites is 1. The van der Waals surface area contributed by atoms with E-state index in [1.807, 2.05) is 31.2 Å². The van der Waals surface area contributed by atoms with Gasteiger partial charge in [-0.25, -0.2) is 4.79 Å². The summed E-state index contributed by atoms with van der Waals surface area (Å²) in [5.41, 5.74) is 2.95. The van der Waals surface area contributed by atoms with E-state index in [4.69, 9.17) is 9.47 Å². The molecule has 1 aliphatic rings. The van der Waals surface area contributed by atoms with Gasteiger partial charge in [0.05, 0.1) is 0 Å². The van der Waals surface area contributed by atoms with Crippen LogP contribution < -0.4 is 9.64 Å². The van der Waals surface area contributed by atoms with Crippen LogP contribution >= 0.6 is 0 Å². The van der Waals surface area contributed by atoms with E-state index in [0.717, 1.165) is 28.7 Å². The number of carbonyl (C=O) groups excluding carboxylic acids is 3. The first-order valence-electron chi connectivity index (χ1n) is 10.3. The first kappa shape index (κ1) is 20.7. The lowest BCUT2D eigenvalue weighted by molar-refractivity contribution is -0.148. The van der Waals surface area contributed by atoms with Gasteiger partial charge in [-0.3, -0.25) is 9.59 Å². The van der Waals surface area contributed by atoms with Crippen LogP contribution in [-0.4, -0.2) is 41.9 Å². The van der Waals surface area contributed by atoms with E-state index in [2.05, 4.69) is 4.98 Å². The zero-order valence-electron chi connectivity index (χ0n) is 17.5. The molecule has 1 N–H and O–H groups in total. The standard InChI is InChI=1S/C24H24N2O5/c1-15-23(19-6-3-4-7-20(19)25-15)24(29)16(2)31-22(28)14-30-18-11-9-17(10-12-18)26-13-5-8-21(26)27/h3-4,6-7,9-12,16,25H,5,8,13-14H2,1-2H3. The lowest BCUT2D eigenvalue weighted by Crippen LogP contribution is -2.27. The van der Waals surface area contributed by atoms with Gasteiger partial charge in [-0.15, -0.1) is 0 Å². The number of benzene rings is 2. The molecule has 4 rings (SSSR count). The third-order valence-electron chi connectivity index (χ3n) is 5.40. The van der Waals surface area contributed by atoms with Gasteiger partial charge < -0.3 is 19.4 Å². The molecule has 1 saturated heterocycles. The second-order valence-corrected chi connectivity index (χ2v) is 7.60. The molecule has 0 spiro atoms. The molecule has 0 radical (unpaired) electrons. The quantitative estimate of drug-likeness (QED) is 0.464. The van der Waals surface area contributed by atoms with Gasteiger partial charge in [0.2, 0.25) is 11.7 Å². The SMILES string of the molecule is Cc1[nH]c2ccccc2c1C(=O)C(C)OC(=O)COc1ccc(N2CCCC2=O)cc1. The average Bonchev–Trinajstić information content (AvgIpc) is 3.34. The third-order valence-corrected chi connectivity index (χ3v) is 5.40. The van der Waals surface area contributed by atoms with Crippen LogP contribution in [0.3, 0.4) is 0 Å². The molecular weight excluding hydrogens is 396 g/mol. The Morgan fingerprint density at radius 1 is 1.13 bits per heavy atom. The number of anilines is 1. The number of ether oxygens (including phenoxy) is 2. The molecule has 1 atom stereocenters. The molecule has 1 aliphatic heterocycles. The summed E-state index contributed by atoms with van der Waals surface area (Å²) in [4.78, 5) is 41.8. The first-order chi connectivity index (χ1) is 14.9. The maximum Gasteiger partial charge on any atom is 0.344 e. The second-order valence-electron chi connectivity index (χ2n) is 7.60. The van der Waals surface area contributed by atoms with E-state index in [9.17, 15) is 14.4 Å². The predicted molar refractivity (Wildman–Crippen MR) is 116 cm³/mol. The van der Waals surface area contributed by atoms with Crippen LogP contribution in [0, 0.1) is 6.92 Å². The zero-order chi connectivity index (χ0) is 22.0. The van der Waals surface area contributed by atoms with Gasteiger partial charge in [-0.2, -0.15) is 0 Å². The van der Waals surface area contributed by atoms with Crippen LogP contribution in [0.15, 0.2) is 48.5 Å². The van der Waals surface area contributed by atoms with Crippen molar-refractivity contribution in [3.8, 4) is 5.75 Å². The van der Waals surface area contributed by atoms with Gasteiger partial charge in [0, 0.05) is 40.8 Å². The molecule has 3 aromatic rings. The van der Waals surface area contributed by atoms with Crippen LogP contribution in [0.1, 0.15) is 35.8 Å². The Morgan fingerprint density at radius 2 is 1.87 bits per heavy atom. The van der Waals surface area contributed by atoms with E-state index in [1.54, 1.807) is 36.1 Å². The Kier molecular flexibility index (Phi) is 5.75. The topological polar surface area (TPSA) is 88.7 Å². The molecule has 2 aromatic carbocycles. The van der Waals surface area contributed by atoms with Crippen molar-refractivity contribution >= 4 is 34.3 Å². The average molecular weight is 420 g/mol. The minimum atomic E-state index is -0.933. The number of Topliss-reactive ketones (excluding diaryl/α,β-unsaturated/α-hetero) is 1. The molecule has 7 heteroatoms. The maximum atomic E-state index is 12.9. The van der Waals surface area contributed by atoms with Crippen LogP contribution in [0.2, 0.25) is 0 Å². The number of amides is 1. The number of fused-ring (bicyclic) bond motifs is 1. The third kappa shape index (κ3) is 4.30. The Morgan fingerprint density at radius 3 is 2.58 bits per heavy atom. The fourth-order valence-electron chi connectivity index (χ4n) is 3.87. The highest BCUT2D eigenvalue weighted by molar-refractivity contribution is 6.11. The van der Waals surface area contributed by atoms with E-state index in [1.165, 1.54) is 0 Å². The molecule has 7 nitrogen and oxygen atoms in total. The summed E-state index contributed by atoms with van der Waals surface area (Å²) in [5, 5.41) is 0.806. The lowest BCUT2D eigenvalue weighted by Gasteiger charge is -2.16. The molecule has 31 heavy (non-hydrogen) atoms. The monoisotopic (exact) mass is 420 g/mol. The smallest absolute Gasteiger partial charge is 0.344 e. The maximum absolute atomic E-state index is 12.9. The molecular formula is C24H24N2O5. The normalized spacial score (nSPS) is 14.6. The summed E-state index contributed by atoms with van der Waals surface area (Å²) in [7, 11) is 0. The summed E-state index contributed by atoms with van der Waals surface area (Å²) in [6.07, 6.45) is 0.495. The number of nitrogens with one attached hydrogen (secondary N) is 1. The molecule has 0 saturated carbocycles. The zero-order valence-corrected chi connectivity index (χ0v) is 17.5. The highest BCUT2D eigenvalue weighted by Crippen LogP contribution is 2.25. The van der Waals surface area contributed by atoms with Crippen LogP contribution in [0.5, 0.6) is 5.75 Å². The molecule has 160 valence electrons. The minimum Gasteiger partial charge on any atom is -0.482 e. The van der Waals surface area contributed by atoms with Gasteiger partial charge in [0.1, 0.15) is 5.75 Å². The minimum absolute atomic E-state index is 0.112. The fourth-order valence-corrected chi connectivity index (χ4v) is 3.87. The number of hydrogen-bond acceptors (Lipinski definition) is 5. The van der Waals surface area contributed by atoms with Crippen molar-refractivity contribution in [2.75, 3.05) is 18.1 Å². The van der Waals surface area contributed by atoms with Gasteiger partial charge in [-0.05, 0) is 50.6 Å². The summed E-state index contributed by atoms with van der Waals surface area (Å²) in [6.45, 7) is 3.78. The highest BCUT2D eigenvalue weighted by atomic mass is 16.6. The van der Waals surface area contributed by atoms with E-state index in [-0.39, 0.29) is 18.3 Å². The number of rotatable bonds is 7. The first-order valence-corrected chi connectivity index (χ1v) is 10.3. The van der Waals surface area contributed by atoms with Crippen molar-refractivity contribution in [1.82, 2.24) is 4.98 Å². The van der Waals surface area contributed by atoms with Crippen LogP contribution in [-0.2, 0) is 14.3 Å². The van der Waals surface area contributed by atoms with Gasteiger partial charge in [0.15, 0.2) is 12.7 Å². The number of carbonyl (C=O) groups is 3. The largest absolute Gasteiger partial charge is 0.482 e. The van der Waals surface area contributed by atoms with Crippen molar-refractivity contribution in [2.24, 2.45) is 0 Å². The number of aryl methyl sites for hydroxylation is 1. The lowest BCUT2D eigenvalue weighted by atomic mass is 10.0. The van der Waals surface area contributed by atoms with E-state index < -0.39 is 12.1 Å². The second kappa shape index (κ2) is 8.63. The summed E-state index contributed by atoms with van der Waals surface area (Å²) in [6, 6.07) is 14.5. The van der Waals surface area contributed by atoms with E-state index >= 15 is 0 Å². The molecule has 1 amide bonds. The van der Waals surface area contributed by atoms with Gasteiger partial charge in [-0.1, -0.05) is 18.2 Å². The van der Waals surface area contributed by atoms with Crippen LogP contribution in [0.25, 0.3) is 10.9 Å². The van der Waals surface area contributed by atoms with Crippen molar-refractivity contribution in [1.29, 1.82) is 0 Å². The van der Waals surface area contributed by atoms with Crippen molar-refractivity contribution in [3.05, 3.63) is 59.8 Å². The molecule has 1 unspecified atom stereocenters. The molecule has 1 aromatic heterocycles. The number of aromatic amines is 1. The number of ketones is 1. The van der Waals surface area contributed by atoms with Gasteiger partial charge in [0.25, 0.3) is 0 Å².